The van der Waals surface area contributed by atoms with E-state index in [1.165, 1.54) is 45.2 Å². The van der Waals surface area contributed by atoms with Gasteiger partial charge in [0.2, 0.25) is 0 Å². The quantitative estimate of drug-likeness (QED) is 0.609. The average molecular weight is 153 g/mol. The van der Waals surface area contributed by atoms with Crippen LogP contribution in [0.3, 0.4) is 0 Å². The van der Waals surface area contributed by atoms with Crippen LogP contribution in [0.5, 0.6) is 0 Å². The molecule has 2 aliphatic rings. The lowest BCUT2D eigenvalue weighted by Gasteiger charge is -2.46. The molecule has 1 saturated carbocycles. The van der Waals surface area contributed by atoms with E-state index in [-0.39, 0.29) is 0 Å². The van der Waals surface area contributed by atoms with Crippen LogP contribution < -0.4 is 5.32 Å². The van der Waals surface area contributed by atoms with Crippen LogP contribution in [0.2, 0.25) is 0 Å². The van der Waals surface area contributed by atoms with E-state index in [1.807, 2.05) is 0 Å². The summed E-state index contributed by atoms with van der Waals surface area (Å²) in [4.78, 5) is 0. The summed E-state index contributed by atoms with van der Waals surface area (Å²) in [6.07, 6.45) is 7.41. The van der Waals surface area contributed by atoms with Crippen molar-refractivity contribution in [1.82, 2.24) is 5.32 Å². The van der Waals surface area contributed by atoms with Crippen LogP contribution in [-0.4, -0.2) is 13.1 Å². The standard InChI is InChI=1S/C10H19N/c1-10(9-7-11-8-9)5-3-2-4-6-10/h9,11H,2-8H2,1H3. The Morgan fingerprint density at radius 3 is 2.18 bits per heavy atom. The molecule has 0 radical (unpaired) electrons. The van der Waals surface area contributed by atoms with Crippen molar-refractivity contribution in [3.8, 4) is 0 Å². The van der Waals surface area contributed by atoms with Gasteiger partial charge in [-0.3, -0.25) is 0 Å². The highest BCUT2D eigenvalue weighted by atomic mass is 15.0. The van der Waals surface area contributed by atoms with Gasteiger partial charge in [-0.05, 0) is 37.3 Å². The highest BCUT2D eigenvalue weighted by molar-refractivity contribution is 4.92. The summed E-state index contributed by atoms with van der Waals surface area (Å²) in [6, 6.07) is 0. The molecule has 11 heavy (non-hydrogen) atoms. The molecule has 0 unspecified atom stereocenters. The van der Waals surface area contributed by atoms with Crippen molar-refractivity contribution >= 4 is 0 Å². The monoisotopic (exact) mass is 153 g/mol. The molecule has 0 aromatic carbocycles. The second-order valence-corrected chi connectivity index (χ2v) is 4.57. The van der Waals surface area contributed by atoms with E-state index in [1.54, 1.807) is 0 Å². The molecule has 0 aromatic rings. The Kier molecular flexibility index (Phi) is 1.92. The van der Waals surface area contributed by atoms with Gasteiger partial charge < -0.3 is 5.32 Å². The zero-order valence-electron chi connectivity index (χ0n) is 7.53. The predicted molar refractivity (Wildman–Crippen MR) is 47.6 cm³/mol. The lowest BCUT2D eigenvalue weighted by atomic mass is 9.65. The van der Waals surface area contributed by atoms with Gasteiger partial charge in [0.1, 0.15) is 0 Å². The zero-order valence-corrected chi connectivity index (χ0v) is 7.53. The van der Waals surface area contributed by atoms with Crippen LogP contribution in [0, 0.1) is 11.3 Å². The fraction of sp³-hybridized carbons (Fsp3) is 1.00. The summed E-state index contributed by atoms with van der Waals surface area (Å²) >= 11 is 0. The molecule has 1 saturated heterocycles. The number of hydrogen-bond acceptors (Lipinski definition) is 1. The first-order valence-electron chi connectivity index (χ1n) is 5.02. The molecule has 0 spiro atoms. The van der Waals surface area contributed by atoms with E-state index >= 15 is 0 Å². The lowest BCUT2D eigenvalue weighted by molar-refractivity contribution is 0.0775. The minimum atomic E-state index is 0.712. The Bertz CT molecular complexity index is 132. The fourth-order valence-electron chi connectivity index (χ4n) is 2.55. The number of nitrogens with one attached hydrogen (secondary N) is 1. The molecule has 2 rings (SSSR count). The van der Waals surface area contributed by atoms with E-state index in [0.29, 0.717) is 5.41 Å². The molecule has 0 aromatic heterocycles. The van der Waals surface area contributed by atoms with Crippen LogP contribution in [-0.2, 0) is 0 Å². The van der Waals surface area contributed by atoms with Crippen molar-refractivity contribution in [3.63, 3.8) is 0 Å². The van der Waals surface area contributed by atoms with Crippen LogP contribution in [0.25, 0.3) is 0 Å². The van der Waals surface area contributed by atoms with Crippen molar-refractivity contribution in [1.29, 1.82) is 0 Å². The predicted octanol–water partition coefficient (Wildman–Crippen LogP) is 2.18. The molecule has 0 amide bonds. The molecule has 1 N–H and O–H groups in total. The molecular formula is C10H19N. The molecule has 1 nitrogen and oxygen atoms in total. The molecule has 1 aliphatic carbocycles. The first kappa shape index (κ1) is 7.60. The van der Waals surface area contributed by atoms with Crippen LogP contribution in [0.4, 0.5) is 0 Å². The third-order valence-electron chi connectivity index (χ3n) is 3.76. The smallest absolute Gasteiger partial charge is 0.000302 e. The topological polar surface area (TPSA) is 12.0 Å². The summed E-state index contributed by atoms with van der Waals surface area (Å²) in [6.45, 7) is 5.07. The van der Waals surface area contributed by atoms with Gasteiger partial charge in [0.25, 0.3) is 0 Å². The summed E-state index contributed by atoms with van der Waals surface area (Å²) < 4.78 is 0. The van der Waals surface area contributed by atoms with Gasteiger partial charge in [-0.25, -0.2) is 0 Å². The highest BCUT2D eigenvalue weighted by Gasteiger charge is 2.38. The number of rotatable bonds is 1. The van der Waals surface area contributed by atoms with E-state index in [0.717, 1.165) is 5.92 Å². The van der Waals surface area contributed by atoms with Gasteiger partial charge in [0.05, 0.1) is 0 Å². The Hall–Kier alpha value is -0.0400. The molecule has 0 atom stereocenters. The molecule has 0 bridgehead atoms. The minimum absolute atomic E-state index is 0.712. The van der Waals surface area contributed by atoms with Crippen molar-refractivity contribution in [2.75, 3.05) is 13.1 Å². The van der Waals surface area contributed by atoms with Crippen LogP contribution in [0.15, 0.2) is 0 Å². The Balaban J connectivity index is 1.94. The third-order valence-corrected chi connectivity index (χ3v) is 3.76. The Labute approximate surface area is 69.6 Å². The third kappa shape index (κ3) is 1.31. The fourth-order valence-corrected chi connectivity index (χ4v) is 2.55. The second-order valence-electron chi connectivity index (χ2n) is 4.57. The summed E-state index contributed by atoms with van der Waals surface area (Å²) in [5.74, 6) is 1.00. The SMILES string of the molecule is CC1(C2CNC2)CCCCC1. The molecule has 1 aliphatic heterocycles. The summed E-state index contributed by atoms with van der Waals surface area (Å²) in [5, 5.41) is 3.38. The van der Waals surface area contributed by atoms with Gasteiger partial charge in [-0.1, -0.05) is 26.2 Å². The maximum absolute atomic E-state index is 3.38. The van der Waals surface area contributed by atoms with Crippen LogP contribution >= 0.6 is 0 Å². The van der Waals surface area contributed by atoms with E-state index in [4.69, 9.17) is 0 Å². The van der Waals surface area contributed by atoms with Gasteiger partial charge in [0, 0.05) is 0 Å². The molecular weight excluding hydrogens is 134 g/mol. The van der Waals surface area contributed by atoms with Gasteiger partial charge in [-0.2, -0.15) is 0 Å². The van der Waals surface area contributed by atoms with E-state index < -0.39 is 0 Å². The minimum Gasteiger partial charge on any atom is -0.316 e. The normalized spacial score (nSPS) is 31.4. The first-order chi connectivity index (χ1) is 5.31. The Morgan fingerprint density at radius 2 is 1.73 bits per heavy atom. The van der Waals surface area contributed by atoms with Crippen LogP contribution in [0.1, 0.15) is 39.0 Å². The van der Waals surface area contributed by atoms with Gasteiger partial charge >= 0.3 is 0 Å². The summed E-state index contributed by atoms with van der Waals surface area (Å²) in [7, 11) is 0. The van der Waals surface area contributed by atoms with Crippen molar-refractivity contribution in [2.45, 2.75) is 39.0 Å². The maximum Gasteiger partial charge on any atom is -0.000302 e. The van der Waals surface area contributed by atoms with E-state index in [9.17, 15) is 0 Å². The molecule has 1 heterocycles. The van der Waals surface area contributed by atoms with E-state index in [2.05, 4.69) is 12.2 Å². The van der Waals surface area contributed by atoms with Gasteiger partial charge in [-0.15, -0.1) is 0 Å². The molecule has 64 valence electrons. The average Bonchev–Trinajstić information content (AvgIpc) is 1.83. The zero-order chi connectivity index (χ0) is 7.73. The number of hydrogen-bond donors (Lipinski definition) is 1. The first-order valence-corrected chi connectivity index (χ1v) is 5.02. The molecule has 2 fully saturated rings. The van der Waals surface area contributed by atoms with Crippen molar-refractivity contribution < 1.29 is 0 Å². The van der Waals surface area contributed by atoms with Crippen molar-refractivity contribution in [2.24, 2.45) is 11.3 Å². The molecule has 1 heteroatoms. The van der Waals surface area contributed by atoms with Gasteiger partial charge in [0.15, 0.2) is 0 Å². The maximum atomic E-state index is 3.38. The largest absolute Gasteiger partial charge is 0.316 e. The lowest BCUT2D eigenvalue weighted by Crippen LogP contribution is -2.51. The van der Waals surface area contributed by atoms with Crippen molar-refractivity contribution in [3.05, 3.63) is 0 Å². The Morgan fingerprint density at radius 1 is 1.09 bits per heavy atom. The summed E-state index contributed by atoms with van der Waals surface area (Å²) in [5.41, 5.74) is 0.712. The second kappa shape index (κ2) is 2.78. The highest BCUT2D eigenvalue weighted by Crippen LogP contribution is 2.43.